The van der Waals surface area contributed by atoms with Gasteiger partial charge >= 0.3 is 5.97 Å². The Kier molecular flexibility index (Phi) is 4.91. The molecule has 1 spiro atoms. The summed E-state index contributed by atoms with van der Waals surface area (Å²) in [6.45, 7) is 1.63. The normalized spacial score (nSPS) is 16.8. The van der Waals surface area contributed by atoms with Crippen LogP contribution in [0.15, 0.2) is 30.5 Å². The van der Waals surface area contributed by atoms with Crippen molar-refractivity contribution in [1.82, 2.24) is 4.98 Å². The molecule has 9 heteroatoms. The fourth-order valence-corrected chi connectivity index (χ4v) is 3.53. The molecule has 1 aromatic heterocycles. The third-order valence-electron chi connectivity index (χ3n) is 5.16. The summed E-state index contributed by atoms with van der Waals surface area (Å²) >= 11 is 0. The lowest BCUT2D eigenvalue weighted by atomic mass is 9.86. The number of hydrogen-bond donors (Lipinski definition) is 2. The first-order chi connectivity index (χ1) is 13.9. The second kappa shape index (κ2) is 7.40. The Labute approximate surface area is 165 Å². The smallest absolute Gasteiger partial charge is 0.313 e. The van der Waals surface area contributed by atoms with E-state index in [0.717, 1.165) is 13.0 Å². The molecule has 2 fully saturated rings. The number of amidine groups is 1. The van der Waals surface area contributed by atoms with E-state index in [-0.39, 0.29) is 47.0 Å². The van der Waals surface area contributed by atoms with Crippen LogP contribution in [0.5, 0.6) is 0 Å². The summed E-state index contributed by atoms with van der Waals surface area (Å²) in [4.78, 5) is 17.5. The lowest BCUT2D eigenvalue weighted by molar-refractivity contribution is -0.161. The molecule has 2 aliphatic heterocycles. The quantitative estimate of drug-likeness (QED) is 0.437. The van der Waals surface area contributed by atoms with Crippen LogP contribution in [0.4, 0.5) is 14.6 Å². The van der Waals surface area contributed by atoms with Gasteiger partial charge in [0.1, 0.15) is 30.3 Å². The van der Waals surface area contributed by atoms with Gasteiger partial charge in [-0.15, -0.1) is 0 Å². The number of nitrogens with two attached hydrogens (primary N) is 1. The standard InChI is InChI=1S/C20H20F2N4O3/c21-15-6-13(8-25-19(15)26-10-20(11-26)4-5-29-20)14-3-1-2-12(18(14)22)9-28-17(27)7-16(23)24/h1-3,6,8H,4-5,7,9-11H2,(H3,23,24). The van der Waals surface area contributed by atoms with E-state index < -0.39 is 17.6 Å². The Bertz CT molecular complexity index is 970. The average molecular weight is 402 g/mol. The van der Waals surface area contributed by atoms with Crippen molar-refractivity contribution in [3.8, 4) is 11.1 Å². The second-order valence-corrected chi connectivity index (χ2v) is 7.31. The molecule has 2 aromatic rings. The molecule has 4 rings (SSSR count). The number of anilines is 1. The van der Waals surface area contributed by atoms with Crippen LogP contribution in [0.2, 0.25) is 0 Å². The van der Waals surface area contributed by atoms with Crippen LogP contribution in [0.3, 0.4) is 0 Å². The molecular formula is C20H20F2N4O3. The maximum absolute atomic E-state index is 14.9. The van der Waals surface area contributed by atoms with Gasteiger partial charge in [-0.25, -0.2) is 13.8 Å². The summed E-state index contributed by atoms with van der Waals surface area (Å²) in [5.41, 5.74) is 5.57. The molecular weight excluding hydrogens is 382 g/mol. The molecule has 2 aliphatic rings. The van der Waals surface area contributed by atoms with Gasteiger partial charge in [-0.1, -0.05) is 18.2 Å². The number of rotatable bonds is 6. The zero-order valence-corrected chi connectivity index (χ0v) is 15.6. The van der Waals surface area contributed by atoms with Crippen molar-refractivity contribution >= 4 is 17.6 Å². The summed E-state index contributed by atoms with van der Waals surface area (Å²) in [5.74, 6) is -1.98. The van der Waals surface area contributed by atoms with Crippen molar-refractivity contribution in [2.75, 3.05) is 24.6 Å². The van der Waals surface area contributed by atoms with Crippen molar-refractivity contribution in [1.29, 1.82) is 5.41 Å². The van der Waals surface area contributed by atoms with E-state index in [9.17, 15) is 13.6 Å². The summed E-state index contributed by atoms with van der Waals surface area (Å²) < 4.78 is 39.9. The molecule has 3 heterocycles. The Hall–Kier alpha value is -3.07. The molecule has 29 heavy (non-hydrogen) atoms. The number of ether oxygens (including phenoxy) is 2. The lowest BCUT2D eigenvalue weighted by Gasteiger charge is -2.55. The van der Waals surface area contributed by atoms with Crippen LogP contribution in [-0.4, -0.2) is 42.1 Å². The molecule has 0 amide bonds. The van der Waals surface area contributed by atoms with E-state index >= 15 is 0 Å². The topological polar surface area (TPSA) is 102 Å². The van der Waals surface area contributed by atoms with E-state index in [1.165, 1.54) is 24.4 Å². The van der Waals surface area contributed by atoms with Crippen molar-refractivity contribution < 1.29 is 23.0 Å². The minimum atomic E-state index is -0.720. The predicted molar refractivity (Wildman–Crippen MR) is 101 cm³/mol. The summed E-state index contributed by atoms with van der Waals surface area (Å²) in [5, 5.41) is 7.07. The van der Waals surface area contributed by atoms with Crippen LogP contribution in [0.1, 0.15) is 18.4 Å². The molecule has 1 aromatic carbocycles. The highest BCUT2D eigenvalue weighted by Crippen LogP contribution is 2.39. The first kappa shape index (κ1) is 19.3. The average Bonchev–Trinajstić information content (AvgIpc) is 2.59. The number of hydrogen-bond acceptors (Lipinski definition) is 6. The highest BCUT2D eigenvalue weighted by molar-refractivity contribution is 5.94. The number of aromatic nitrogens is 1. The van der Waals surface area contributed by atoms with E-state index in [0.29, 0.717) is 13.1 Å². The Balaban J connectivity index is 1.49. The van der Waals surface area contributed by atoms with Gasteiger partial charge in [0.25, 0.3) is 0 Å². The van der Waals surface area contributed by atoms with Gasteiger partial charge in [-0.2, -0.15) is 0 Å². The van der Waals surface area contributed by atoms with Crippen LogP contribution in [0.25, 0.3) is 11.1 Å². The number of carbonyl (C=O) groups excluding carboxylic acids is 1. The summed E-state index contributed by atoms with van der Waals surface area (Å²) in [6, 6.07) is 5.81. The van der Waals surface area contributed by atoms with Crippen LogP contribution in [0, 0.1) is 17.0 Å². The number of pyridine rings is 1. The third kappa shape index (κ3) is 3.77. The number of nitrogens with one attached hydrogen (secondary N) is 1. The predicted octanol–water partition coefficient (Wildman–Crippen LogP) is 2.38. The van der Waals surface area contributed by atoms with Crippen LogP contribution >= 0.6 is 0 Å². The molecule has 152 valence electrons. The van der Waals surface area contributed by atoms with Gasteiger partial charge in [-0.05, 0) is 6.07 Å². The SMILES string of the molecule is N=C(N)CC(=O)OCc1cccc(-c2cnc(N3CC4(CCO4)C3)c(F)c2)c1F. The number of benzene rings is 1. The summed E-state index contributed by atoms with van der Waals surface area (Å²) in [7, 11) is 0. The Morgan fingerprint density at radius 1 is 1.38 bits per heavy atom. The van der Waals surface area contributed by atoms with Crippen LogP contribution in [-0.2, 0) is 20.9 Å². The second-order valence-electron chi connectivity index (χ2n) is 7.31. The Morgan fingerprint density at radius 3 is 2.76 bits per heavy atom. The Morgan fingerprint density at radius 2 is 2.14 bits per heavy atom. The number of nitrogens with zero attached hydrogens (tertiary/aromatic N) is 2. The molecule has 0 aliphatic carbocycles. The first-order valence-corrected chi connectivity index (χ1v) is 9.18. The highest BCUT2D eigenvalue weighted by Gasteiger charge is 2.50. The number of esters is 1. The molecule has 7 nitrogen and oxygen atoms in total. The van der Waals surface area contributed by atoms with E-state index in [4.69, 9.17) is 20.6 Å². The number of carbonyl (C=O) groups is 1. The van der Waals surface area contributed by atoms with Gasteiger partial charge in [-0.3, -0.25) is 10.2 Å². The molecule has 3 N–H and O–H groups in total. The molecule has 0 unspecified atom stereocenters. The minimum Gasteiger partial charge on any atom is -0.460 e. The van der Waals surface area contributed by atoms with Gasteiger partial charge in [0.2, 0.25) is 0 Å². The summed E-state index contributed by atoms with van der Waals surface area (Å²) in [6.07, 6.45) is 2.04. The molecule has 0 bridgehead atoms. The van der Waals surface area contributed by atoms with Gasteiger partial charge in [0, 0.05) is 29.3 Å². The molecule has 0 atom stereocenters. The molecule has 2 saturated heterocycles. The van der Waals surface area contributed by atoms with E-state index in [1.54, 1.807) is 11.0 Å². The van der Waals surface area contributed by atoms with Crippen molar-refractivity contribution in [2.24, 2.45) is 5.73 Å². The molecule has 0 radical (unpaired) electrons. The minimum absolute atomic E-state index is 0.135. The van der Waals surface area contributed by atoms with E-state index in [1.807, 2.05) is 0 Å². The number of halogens is 2. The highest BCUT2D eigenvalue weighted by atomic mass is 19.1. The van der Waals surface area contributed by atoms with E-state index in [2.05, 4.69) is 4.98 Å². The first-order valence-electron chi connectivity index (χ1n) is 9.18. The largest absolute Gasteiger partial charge is 0.460 e. The maximum Gasteiger partial charge on any atom is 0.313 e. The zero-order valence-electron chi connectivity index (χ0n) is 15.6. The van der Waals surface area contributed by atoms with Gasteiger partial charge in [0.05, 0.1) is 19.7 Å². The van der Waals surface area contributed by atoms with Crippen LogP contribution < -0.4 is 10.6 Å². The lowest BCUT2D eigenvalue weighted by Crippen LogP contribution is -2.68. The zero-order chi connectivity index (χ0) is 20.6. The van der Waals surface area contributed by atoms with Gasteiger partial charge < -0.3 is 20.1 Å². The third-order valence-corrected chi connectivity index (χ3v) is 5.16. The van der Waals surface area contributed by atoms with Crippen molar-refractivity contribution in [3.05, 3.63) is 47.7 Å². The van der Waals surface area contributed by atoms with Crippen molar-refractivity contribution in [2.45, 2.75) is 25.0 Å². The fraction of sp³-hybridized carbons (Fsp3) is 0.350. The monoisotopic (exact) mass is 402 g/mol. The van der Waals surface area contributed by atoms with Crippen molar-refractivity contribution in [3.63, 3.8) is 0 Å². The van der Waals surface area contributed by atoms with Gasteiger partial charge in [0.15, 0.2) is 11.6 Å². The molecule has 0 saturated carbocycles. The fourth-order valence-electron chi connectivity index (χ4n) is 3.53. The maximum atomic E-state index is 14.9.